The zero-order valence-electron chi connectivity index (χ0n) is 16.1. The van der Waals surface area contributed by atoms with Gasteiger partial charge in [0, 0.05) is 53.6 Å². The van der Waals surface area contributed by atoms with Crippen molar-refractivity contribution in [1.29, 1.82) is 5.26 Å². The SMILES string of the molecule is N#Cc1ccc(C(=O)N2C[C@H]3CN(C(=O)OCc4cc(Cl)cc(Cl)c4)C[C@H]3C2)cc1. The van der Waals surface area contributed by atoms with Crippen LogP contribution in [0.2, 0.25) is 10.0 Å². The van der Waals surface area contributed by atoms with Crippen LogP contribution in [0.5, 0.6) is 0 Å². The third kappa shape index (κ3) is 4.38. The molecule has 2 aliphatic rings. The van der Waals surface area contributed by atoms with E-state index in [0.717, 1.165) is 5.56 Å². The van der Waals surface area contributed by atoms with Gasteiger partial charge in [-0.25, -0.2) is 4.79 Å². The molecule has 0 bridgehead atoms. The summed E-state index contributed by atoms with van der Waals surface area (Å²) >= 11 is 11.9. The van der Waals surface area contributed by atoms with Crippen molar-refractivity contribution in [3.8, 4) is 6.07 Å². The molecule has 30 heavy (non-hydrogen) atoms. The monoisotopic (exact) mass is 443 g/mol. The highest BCUT2D eigenvalue weighted by molar-refractivity contribution is 6.34. The van der Waals surface area contributed by atoms with Crippen LogP contribution < -0.4 is 0 Å². The molecule has 0 N–H and O–H groups in total. The summed E-state index contributed by atoms with van der Waals surface area (Å²) in [7, 11) is 0. The third-order valence-electron chi connectivity index (χ3n) is 5.58. The van der Waals surface area contributed by atoms with Gasteiger partial charge in [0.1, 0.15) is 6.61 Å². The Morgan fingerprint density at radius 2 is 1.53 bits per heavy atom. The second-order valence-corrected chi connectivity index (χ2v) is 8.53. The number of hydrogen-bond acceptors (Lipinski definition) is 4. The van der Waals surface area contributed by atoms with E-state index in [9.17, 15) is 9.59 Å². The lowest BCUT2D eigenvalue weighted by molar-refractivity contribution is 0.0764. The quantitative estimate of drug-likeness (QED) is 0.711. The van der Waals surface area contributed by atoms with E-state index in [-0.39, 0.29) is 30.4 Å². The van der Waals surface area contributed by atoms with Crippen molar-refractivity contribution < 1.29 is 14.3 Å². The molecule has 0 spiro atoms. The van der Waals surface area contributed by atoms with Crippen LogP contribution in [0, 0.1) is 23.2 Å². The molecule has 2 atom stereocenters. The topological polar surface area (TPSA) is 73.6 Å². The number of fused-ring (bicyclic) bond motifs is 1. The van der Waals surface area contributed by atoms with Crippen molar-refractivity contribution in [3.05, 3.63) is 69.2 Å². The fraction of sp³-hybridized carbons (Fsp3) is 0.318. The summed E-state index contributed by atoms with van der Waals surface area (Å²) in [5, 5.41) is 9.88. The molecule has 0 saturated carbocycles. The third-order valence-corrected chi connectivity index (χ3v) is 6.01. The highest BCUT2D eigenvalue weighted by Crippen LogP contribution is 2.32. The van der Waals surface area contributed by atoms with Gasteiger partial charge in [-0.3, -0.25) is 4.79 Å². The molecule has 6 nitrogen and oxygen atoms in total. The largest absolute Gasteiger partial charge is 0.445 e. The number of rotatable bonds is 3. The Balaban J connectivity index is 1.30. The summed E-state index contributed by atoms with van der Waals surface area (Å²) in [6, 6.07) is 13.8. The number of ether oxygens (including phenoxy) is 1. The summed E-state index contributed by atoms with van der Waals surface area (Å²) in [6.45, 7) is 2.45. The molecule has 8 heteroatoms. The fourth-order valence-electron chi connectivity index (χ4n) is 4.11. The van der Waals surface area contributed by atoms with Gasteiger partial charge in [-0.2, -0.15) is 5.26 Å². The van der Waals surface area contributed by atoms with E-state index in [1.165, 1.54) is 0 Å². The second-order valence-electron chi connectivity index (χ2n) is 7.66. The minimum atomic E-state index is -0.370. The molecule has 2 aliphatic heterocycles. The lowest BCUT2D eigenvalue weighted by Gasteiger charge is -2.21. The summed E-state index contributed by atoms with van der Waals surface area (Å²) in [4.78, 5) is 28.7. The fourth-order valence-corrected chi connectivity index (χ4v) is 4.68. The Hall–Kier alpha value is -2.75. The van der Waals surface area contributed by atoms with E-state index in [0.29, 0.717) is 47.4 Å². The van der Waals surface area contributed by atoms with E-state index < -0.39 is 0 Å². The van der Waals surface area contributed by atoms with E-state index in [4.69, 9.17) is 33.2 Å². The minimum Gasteiger partial charge on any atom is -0.445 e. The Kier molecular flexibility index (Phi) is 5.85. The molecular weight excluding hydrogens is 425 g/mol. The number of carbonyl (C=O) groups is 2. The number of benzene rings is 2. The van der Waals surface area contributed by atoms with Gasteiger partial charge in [0.15, 0.2) is 0 Å². The Morgan fingerprint density at radius 3 is 2.10 bits per heavy atom. The minimum absolute atomic E-state index is 0.0409. The average molecular weight is 444 g/mol. The molecule has 0 unspecified atom stereocenters. The Morgan fingerprint density at radius 1 is 0.967 bits per heavy atom. The van der Waals surface area contributed by atoms with E-state index in [1.807, 2.05) is 11.0 Å². The maximum Gasteiger partial charge on any atom is 0.410 e. The van der Waals surface area contributed by atoms with Crippen molar-refractivity contribution >= 4 is 35.2 Å². The lowest BCUT2D eigenvalue weighted by Crippen LogP contribution is -2.35. The predicted octanol–water partition coefficient (Wildman–Crippen LogP) is 4.21. The van der Waals surface area contributed by atoms with E-state index in [2.05, 4.69) is 0 Å². The molecular formula is C22H19Cl2N3O3. The molecule has 2 aromatic carbocycles. The van der Waals surface area contributed by atoms with Gasteiger partial charge in [0.2, 0.25) is 0 Å². The van der Waals surface area contributed by atoms with Crippen LogP contribution in [0.15, 0.2) is 42.5 Å². The van der Waals surface area contributed by atoms with Gasteiger partial charge in [-0.05, 0) is 48.0 Å². The second kappa shape index (κ2) is 8.55. The van der Waals surface area contributed by atoms with Crippen LogP contribution >= 0.6 is 23.2 Å². The zero-order chi connectivity index (χ0) is 21.3. The van der Waals surface area contributed by atoms with Gasteiger partial charge in [-0.1, -0.05) is 23.2 Å². The van der Waals surface area contributed by atoms with Crippen molar-refractivity contribution in [2.24, 2.45) is 11.8 Å². The predicted molar refractivity (Wildman–Crippen MR) is 112 cm³/mol. The summed E-state index contributed by atoms with van der Waals surface area (Å²) in [5.41, 5.74) is 1.84. The van der Waals surface area contributed by atoms with Gasteiger partial charge >= 0.3 is 6.09 Å². The average Bonchev–Trinajstić information content (AvgIpc) is 3.30. The molecule has 2 saturated heterocycles. The lowest BCUT2D eigenvalue weighted by atomic mass is 10.0. The summed E-state index contributed by atoms with van der Waals surface area (Å²) < 4.78 is 5.42. The van der Waals surface area contributed by atoms with E-state index in [1.54, 1.807) is 47.4 Å². The first-order chi connectivity index (χ1) is 14.4. The number of nitrogens with zero attached hydrogens (tertiary/aromatic N) is 3. The van der Waals surface area contributed by atoms with Gasteiger partial charge in [-0.15, -0.1) is 0 Å². The number of carbonyl (C=O) groups excluding carboxylic acids is 2. The summed E-state index contributed by atoms with van der Waals surface area (Å²) in [5.74, 6) is 0.432. The highest BCUT2D eigenvalue weighted by Gasteiger charge is 2.43. The van der Waals surface area contributed by atoms with Crippen LogP contribution in [-0.4, -0.2) is 48.0 Å². The van der Waals surface area contributed by atoms with Crippen LogP contribution in [0.4, 0.5) is 4.79 Å². The number of nitriles is 1. The van der Waals surface area contributed by atoms with Gasteiger partial charge in [0.25, 0.3) is 5.91 Å². The van der Waals surface area contributed by atoms with Crippen molar-refractivity contribution in [1.82, 2.24) is 9.80 Å². The van der Waals surface area contributed by atoms with E-state index >= 15 is 0 Å². The smallest absolute Gasteiger partial charge is 0.410 e. The number of hydrogen-bond donors (Lipinski definition) is 0. The number of likely N-dealkylation sites (tertiary alicyclic amines) is 2. The molecule has 154 valence electrons. The van der Waals surface area contributed by atoms with Crippen LogP contribution in [-0.2, 0) is 11.3 Å². The van der Waals surface area contributed by atoms with Crippen LogP contribution in [0.1, 0.15) is 21.5 Å². The Labute approximate surface area is 184 Å². The van der Waals surface area contributed by atoms with Crippen LogP contribution in [0.25, 0.3) is 0 Å². The van der Waals surface area contributed by atoms with Gasteiger partial charge < -0.3 is 14.5 Å². The summed E-state index contributed by atoms with van der Waals surface area (Å²) in [6.07, 6.45) is -0.370. The number of amides is 2. The molecule has 0 radical (unpaired) electrons. The van der Waals surface area contributed by atoms with Crippen molar-refractivity contribution in [2.75, 3.05) is 26.2 Å². The molecule has 0 aliphatic carbocycles. The maximum atomic E-state index is 12.7. The molecule has 2 aromatic rings. The van der Waals surface area contributed by atoms with Crippen molar-refractivity contribution in [3.63, 3.8) is 0 Å². The normalized spacial score (nSPS) is 20.0. The first kappa shape index (κ1) is 20.5. The molecule has 2 amide bonds. The van der Waals surface area contributed by atoms with Gasteiger partial charge in [0.05, 0.1) is 11.6 Å². The maximum absolute atomic E-state index is 12.7. The Bertz CT molecular complexity index is 985. The standard InChI is InChI=1S/C22H19Cl2N3O3/c23-19-5-15(6-20(24)7-19)13-30-22(29)27-11-17-9-26(10-18(17)12-27)21(28)16-3-1-14(8-25)2-4-16/h1-7,17-18H,9-13H2/t17-,18+. The molecule has 2 heterocycles. The molecule has 2 fully saturated rings. The van der Waals surface area contributed by atoms with Crippen molar-refractivity contribution in [2.45, 2.75) is 6.61 Å². The number of halogens is 2. The first-order valence-electron chi connectivity index (χ1n) is 9.59. The zero-order valence-corrected chi connectivity index (χ0v) is 17.6. The first-order valence-corrected chi connectivity index (χ1v) is 10.3. The van der Waals surface area contributed by atoms with Crippen LogP contribution in [0.3, 0.4) is 0 Å². The molecule has 4 rings (SSSR count). The highest BCUT2D eigenvalue weighted by atomic mass is 35.5. The molecule has 0 aromatic heterocycles.